The Morgan fingerprint density at radius 1 is 1.40 bits per heavy atom. The minimum Gasteiger partial charge on any atom is -0.393 e. The predicted molar refractivity (Wildman–Crippen MR) is 70.1 cm³/mol. The third-order valence-corrected chi connectivity index (χ3v) is 3.51. The minimum atomic E-state index is 0.663. The lowest BCUT2D eigenvalue weighted by atomic mass is 9.92. The molecule has 0 atom stereocenters. The molecule has 15 heavy (non-hydrogen) atoms. The number of hydrogen-bond donors (Lipinski definition) is 1. The second kappa shape index (κ2) is 7.18. The lowest BCUT2D eigenvalue weighted by Gasteiger charge is -2.31. The van der Waals surface area contributed by atoms with E-state index in [1.165, 1.54) is 45.3 Å². The first-order valence-electron chi connectivity index (χ1n) is 6.23. The highest BCUT2D eigenvalue weighted by atomic mass is 32.1. The van der Waals surface area contributed by atoms with Crippen molar-refractivity contribution in [2.45, 2.75) is 45.4 Å². The van der Waals surface area contributed by atoms with Crippen LogP contribution in [0, 0.1) is 5.92 Å². The topological polar surface area (TPSA) is 29.3 Å². The van der Waals surface area contributed by atoms with Gasteiger partial charge in [0.1, 0.15) is 0 Å². The van der Waals surface area contributed by atoms with Gasteiger partial charge in [-0.1, -0.05) is 32.0 Å². The normalized spacial score (nSPS) is 19.3. The van der Waals surface area contributed by atoms with Crippen molar-refractivity contribution in [1.29, 1.82) is 0 Å². The van der Waals surface area contributed by atoms with E-state index in [0.717, 1.165) is 18.8 Å². The van der Waals surface area contributed by atoms with Crippen LogP contribution in [0.2, 0.25) is 0 Å². The standard InChI is InChI=1S/C12H24N2S/c1-2-4-11-6-9-14(10-7-11)8-3-5-12(13)15/h11H,2-10H2,1H3,(H2,13,15). The third kappa shape index (κ3) is 5.47. The molecule has 3 heteroatoms. The highest BCUT2D eigenvalue weighted by Crippen LogP contribution is 2.21. The Morgan fingerprint density at radius 3 is 2.60 bits per heavy atom. The molecule has 0 saturated carbocycles. The van der Waals surface area contributed by atoms with Crippen LogP contribution in [0.1, 0.15) is 45.4 Å². The van der Waals surface area contributed by atoms with Gasteiger partial charge in [0.2, 0.25) is 0 Å². The van der Waals surface area contributed by atoms with Crippen molar-refractivity contribution in [1.82, 2.24) is 4.90 Å². The van der Waals surface area contributed by atoms with Crippen molar-refractivity contribution in [3.63, 3.8) is 0 Å². The van der Waals surface area contributed by atoms with Crippen molar-refractivity contribution < 1.29 is 0 Å². The highest BCUT2D eigenvalue weighted by Gasteiger charge is 2.17. The van der Waals surface area contributed by atoms with Crippen molar-refractivity contribution in [2.24, 2.45) is 11.7 Å². The van der Waals surface area contributed by atoms with Gasteiger partial charge >= 0.3 is 0 Å². The number of likely N-dealkylation sites (tertiary alicyclic amines) is 1. The maximum Gasteiger partial charge on any atom is 0.0727 e. The molecule has 1 aliphatic rings. The highest BCUT2D eigenvalue weighted by molar-refractivity contribution is 7.80. The molecule has 0 aromatic heterocycles. The van der Waals surface area contributed by atoms with E-state index in [1.807, 2.05) is 0 Å². The molecule has 0 aliphatic carbocycles. The summed E-state index contributed by atoms with van der Waals surface area (Å²) < 4.78 is 0. The maximum absolute atomic E-state index is 5.48. The van der Waals surface area contributed by atoms with Crippen LogP contribution in [-0.4, -0.2) is 29.5 Å². The van der Waals surface area contributed by atoms with E-state index in [9.17, 15) is 0 Å². The molecule has 1 fully saturated rings. The van der Waals surface area contributed by atoms with E-state index in [-0.39, 0.29) is 0 Å². The summed E-state index contributed by atoms with van der Waals surface area (Å²) in [6.07, 6.45) is 7.58. The fourth-order valence-electron chi connectivity index (χ4n) is 2.38. The van der Waals surface area contributed by atoms with E-state index in [1.54, 1.807) is 0 Å². The van der Waals surface area contributed by atoms with Gasteiger partial charge in [-0.2, -0.15) is 0 Å². The predicted octanol–water partition coefficient (Wildman–Crippen LogP) is 2.56. The Bertz CT molecular complexity index is 186. The molecule has 1 heterocycles. The molecule has 2 N–H and O–H groups in total. The monoisotopic (exact) mass is 228 g/mol. The Labute approximate surface area is 99.2 Å². The number of rotatable bonds is 6. The number of thiocarbonyl (C=S) groups is 1. The van der Waals surface area contributed by atoms with Crippen LogP contribution >= 0.6 is 12.2 Å². The van der Waals surface area contributed by atoms with Gasteiger partial charge in [-0.3, -0.25) is 0 Å². The number of nitrogens with two attached hydrogens (primary N) is 1. The van der Waals surface area contributed by atoms with Crippen molar-refractivity contribution in [2.75, 3.05) is 19.6 Å². The summed E-state index contributed by atoms with van der Waals surface area (Å²) in [6.45, 7) is 6.02. The first-order valence-corrected chi connectivity index (χ1v) is 6.64. The molecule has 0 spiro atoms. The molecule has 1 aliphatic heterocycles. The van der Waals surface area contributed by atoms with Gasteiger partial charge in [-0.05, 0) is 51.2 Å². The lowest BCUT2D eigenvalue weighted by molar-refractivity contribution is 0.178. The molecule has 2 nitrogen and oxygen atoms in total. The Morgan fingerprint density at radius 2 is 2.07 bits per heavy atom. The van der Waals surface area contributed by atoms with Crippen molar-refractivity contribution in [3.05, 3.63) is 0 Å². The summed E-state index contributed by atoms with van der Waals surface area (Å²) in [4.78, 5) is 3.22. The summed E-state index contributed by atoms with van der Waals surface area (Å²) >= 11 is 4.87. The molecule has 0 aromatic carbocycles. The molecular formula is C12H24N2S. The fourth-order valence-corrected chi connectivity index (χ4v) is 2.53. The van der Waals surface area contributed by atoms with Crippen LogP contribution in [0.3, 0.4) is 0 Å². The average molecular weight is 228 g/mol. The largest absolute Gasteiger partial charge is 0.393 e. The van der Waals surface area contributed by atoms with E-state index >= 15 is 0 Å². The van der Waals surface area contributed by atoms with Gasteiger partial charge in [0, 0.05) is 0 Å². The quantitative estimate of drug-likeness (QED) is 0.709. The van der Waals surface area contributed by atoms with E-state index in [0.29, 0.717) is 4.99 Å². The lowest BCUT2D eigenvalue weighted by Crippen LogP contribution is -2.34. The smallest absolute Gasteiger partial charge is 0.0727 e. The van der Waals surface area contributed by atoms with Gasteiger partial charge < -0.3 is 10.6 Å². The van der Waals surface area contributed by atoms with Crippen LogP contribution in [0.25, 0.3) is 0 Å². The molecule has 1 saturated heterocycles. The van der Waals surface area contributed by atoms with E-state index < -0.39 is 0 Å². The molecule has 0 amide bonds. The average Bonchev–Trinajstić information content (AvgIpc) is 2.20. The van der Waals surface area contributed by atoms with Crippen LogP contribution in [0.5, 0.6) is 0 Å². The molecule has 88 valence electrons. The zero-order valence-electron chi connectivity index (χ0n) is 9.87. The molecular weight excluding hydrogens is 204 g/mol. The van der Waals surface area contributed by atoms with Gasteiger partial charge in [0.15, 0.2) is 0 Å². The van der Waals surface area contributed by atoms with Gasteiger partial charge in [-0.15, -0.1) is 0 Å². The first-order chi connectivity index (χ1) is 7.22. The van der Waals surface area contributed by atoms with Gasteiger partial charge in [-0.25, -0.2) is 0 Å². The summed E-state index contributed by atoms with van der Waals surface area (Å²) in [7, 11) is 0. The zero-order valence-corrected chi connectivity index (χ0v) is 10.7. The van der Waals surface area contributed by atoms with Crippen molar-refractivity contribution >= 4 is 17.2 Å². The van der Waals surface area contributed by atoms with Crippen LogP contribution in [-0.2, 0) is 0 Å². The zero-order chi connectivity index (χ0) is 11.1. The van der Waals surface area contributed by atoms with Gasteiger partial charge in [0.05, 0.1) is 4.99 Å². The number of hydrogen-bond acceptors (Lipinski definition) is 2. The minimum absolute atomic E-state index is 0.663. The molecule has 0 bridgehead atoms. The van der Waals surface area contributed by atoms with E-state index in [2.05, 4.69) is 11.8 Å². The molecule has 0 radical (unpaired) electrons. The Hall–Kier alpha value is -0.150. The molecule has 1 rings (SSSR count). The fraction of sp³-hybridized carbons (Fsp3) is 0.917. The summed E-state index contributed by atoms with van der Waals surface area (Å²) in [5, 5.41) is 0. The first kappa shape index (κ1) is 12.9. The van der Waals surface area contributed by atoms with E-state index in [4.69, 9.17) is 18.0 Å². The number of nitrogens with zero attached hydrogens (tertiary/aromatic N) is 1. The van der Waals surface area contributed by atoms with Crippen LogP contribution < -0.4 is 5.73 Å². The third-order valence-electron chi connectivity index (χ3n) is 3.30. The Balaban J connectivity index is 2.06. The SMILES string of the molecule is CCCC1CCN(CCCC(N)=S)CC1. The molecule has 0 unspecified atom stereocenters. The van der Waals surface area contributed by atoms with Crippen LogP contribution in [0.15, 0.2) is 0 Å². The summed E-state index contributed by atoms with van der Waals surface area (Å²) in [5.74, 6) is 0.988. The number of piperidine rings is 1. The van der Waals surface area contributed by atoms with Crippen molar-refractivity contribution in [3.8, 4) is 0 Å². The Kier molecular flexibility index (Phi) is 6.18. The molecule has 0 aromatic rings. The maximum atomic E-state index is 5.48. The second-order valence-electron chi connectivity index (χ2n) is 4.64. The summed E-state index contributed by atoms with van der Waals surface area (Å²) in [5.41, 5.74) is 5.48. The second-order valence-corrected chi connectivity index (χ2v) is 5.17. The summed E-state index contributed by atoms with van der Waals surface area (Å²) in [6, 6.07) is 0. The van der Waals surface area contributed by atoms with Gasteiger partial charge in [0.25, 0.3) is 0 Å². The van der Waals surface area contributed by atoms with Crippen LogP contribution in [0.4, 0.5) is 0 Å².